The number of fused-ring (bicyclic) bond motifs is 4. The Morgan fingerprint density at radius 2 is 0.804 bits per heavy atom. The van der Waals surface area contributed by atoms with E-state index in [1.54, 1.807) is 22.3 Å². The molecule has 12 rings (SSSR count). The summed E-state index contributed by atoms with van der Waals surface area (Å²) in [4.78, 5) is 0. The first-order chi connectivity index (χ1) is 50.4. The molecule has 2 saturated carbocycles. The van der Waals surface area contributed by atoms with Gasteiger partial charge in [-0.05, 0) is 249 Å². The van der Waals surface area contributed by atoms with Crippen molar-refractivity contribution in [2.45, 2.75) is 314 Å². The van der Waals surface area contributed by atoms with Crippen LogP contribution in [0, 0.1) is 69.6 Å². The molecule has 0 heterocycles. The minimum absolute atomic E-state index is 0. The van der Waals surface area contributed by atoms with E-state index < -0.39 is 37.0 Å². The standard InChI is InChI=1S/C52H76OSi.C52H68Si.2CH3.2ClH.Zr/c1-31-23-39(34-19-21-36(22-20-34)49(4,5)6)40-25-32(2)47(42(40)24-31)54(17,18)48-33(3)26-41-43(48)30-44(52(13,14)15)46(53-16)45(41)35-27-37(50(7,8)9)29-38(28-35)51(10,11)12;1-31-23-40(35-19-21-37(22-20-35)49(5,6)7)41-25-32(2)47(43(41)24-31)53(17,18)48-33(3)26-42-44(48)30-45(52(14,15)16)34(4)46(42)36-27-38(50(8,9)10)29-39(28-36)51(11,12)13;;;;;/h19-24,27-30,32-33,40-43,47-48H,25-26H2,1-18H3;19-30,47-48H,1-18H3;2*1H3;2*1H;/q;;2*-1;;;+4/p-2. The Labute approximate surface area is 707 Å². The Bertz CT molecular complexity index is 4580. The Morgan fingerprint density at radius 3 is 1.21 bits per heavy atom. The Balaban J connectivity index is 0.000000267. The molecule has 6 heteroatoms. The molecule has 1 nitrogen and oxygen atoms in total. The molecule has 0 N–H and O–H groups in total. The summed E-state index contributed by atoms with van der Waals surface area (Å²) in [6.45, 7) is 84.8. The van der Waals surface area contributed by atoms with E-state index in [4.69, 9.17) is 21.8 Å². The van der Waals surface area contributed by atoms with Crippen LogP contribution in [0.25, 0.3) is 45.6 Å². The van der Waals surface area contributed by atoms with Crippen LogP contribution in [0.4, 0.5) is 0 Å². The molecule has 6 aromatic rings. The van der Waals surface area contributed by atoms with Gasteiger partial charge in [0.1, 0.15) is 5.76 Å². The number of hydrogen-bond donors (Lipinski definition) is 0. The summed E-state index contributed by atoms with van der Waals surface area (Å²) in [5.41, 5.74) is 39.1. The zero-order valence-electron chi connectivity index (χ0n) is 77.6. The van der Waals surface area contributed by atoms with Crippen molar-refractivity contribution in [2.75, 3.05) is 7.11 Å². The quantitative estimate of drug-likeness (QED) is 0.104. The monoisotopic (exact) mass is 1650 g/mol. The van der Waals surface area contributed by atoms with E-state index in [1.165, 1.54) is 130 Å². The molecule has 6 aliphatic carbocycles. The summed E-state index contributed by atoms with van der Waals surface area (Å²) in [6.07, 6.45) is 15.7. The maximum atomic E-state index is 6.60. The molecule has 112 heavy (non-hydrogen) atoms. The van der Waals surface area contributed by atoms with Crippen LogP contribution in [-0.4, -0.2) is 23.3 Å². The van der Waals surface area contributed by atoms with Crippen LogP contribution in [0.2, 0.25) is 37.3 Å². The normalized spacial score (nSPS) is 22.7. The SMILES string of the molecule is CC1=Cc2c(-c3ccc(C(C)(C)C)cc3)cc(C)cc2C1[Si](C)(C)C1C(C)=Cc2c1cc(C(C)(C)C)c(C)c2-c1cc(C(C)(C)C)cc(C(C)(C)C)c1.COC1=C(c2cc(C(C)(C)C)cc(C(C)(C)C)c2)C2CC(C)C([Si](C)(C)C3C(C)CC4C(c5ccc(C(C)(C)C)cc5)=CC(C)=CC43)C2C=C1C(C)(C)C.[CH3-].[CH3-].[Cl][Zr+2][Cl]. The van der Waals surface area contributed by atoms with Gasteiger partial charge in [0.15, 0.2) is 0 Å². The number of rotatable bonds is 9. The molecule has 0 amide bonds. The van der Waals surface area contributed by atoms with Gasteiger partial charge in [-0.15, -0.1) is 0 Å². The van der Waals surface area contributed by atoms with Gasteiger partial charge in [0, 0.05) is 16.7 Å². The van der Waals surface area contributed by atoms with Crippen LogP contribution in [0.3, 0.4) is 0 Å². The number of ether oxygens (including phenoxy) is 1. The average molecular weight is 1660 g/mol. The molecule has 6 aliphatic rings. The van der Waals surface area contributed by atoms with Gasteiger partial charge in [0.05, 0.1) is 23.3 Å². The van der Waals surface area contributed by atoms with E-state index in [2.05, 4.69) is 374 Å². The Morgan fingerprint density at radius 1 is 0.411 bits per heavy atom. The van der Waals surface area contributed by atoms with Crippen LogP contribution in [-0.2, 0) is 63.5 Å². The molecule has 0 bridgehead atoms. The van der Waals surface area contributed by atoms with Crippen molar-refractivity contribution >= 4 is 56.5 Å². The molecular weight excluding hydrogens is 1510 g/mol. The predicted molar refractivity (Wildman–Crippen MR) is 502 cm³/mol. The minimum atomic E-state index is -2.09. The van der Waals surface area contributed by atoms with E-state index in [1.807, 2.05) is 7.11 Å². The van der Waals surface area contributed by atoms with Gasteiger partial charge in [-0.2, -0.15) is 0 Å². The van der Waals surface area contributed by atoms with Crippen molar-refractivity contribution in [3.05, 3.63) is 248 Å². The Hall–Kier alpha value is -4.54. The molecular formula is C106H150Cl2OSi2Zr. The van der Waals surface area contributed by atoms with Crippen LogP contribution in [0.5, 0.6) is 0 Å². The van der Waals surface area contributed by atoms with Crippen LogP contribution in [0.1, 0.15) is 308 Å². The number of hydrogen-bond acceptors (Lipinski definition) is 1. The zero-order valence-corrected chi connectivity index (χ0v) is 83.5. The molecule has 606 valence electrons. The second kappa shape index (κ2) is 33.0. The number of methoxy groups -OCH3 is 1. The van der Waals surface area contributed by atoms with Crippen molar-refractivity contribution in [1.82, 2.24) is 0 Å². The molecule has 2 fully saturated rings. The second-order valence-electron chi connectivity index (χ2n) is 44.7. The molecule has 0 saturated heterocycles. The summed E-state index contributed by atoms with van der Waals surface area (Å²) in [6, 6.07) is 41.6. The van der Waals surface area contributed by atoms with Gasteiger partial charge < -0.3 is 19.6 Å². The molecule has 10 atom stereocenters. The van der Waals surface area contributed by atoms with Crippen molar-refractivity contribution in [3.63, 3.8) is 0 Å². The number of halogens is 2. The Kier molecular flexibility index (Phi) is 27.4. The summed E-state index contributed by atoms with van der Waals surface area (Å²) < 4.78 is 6.60. The first-order valence-corrected chi connectivity index (χ1v) is 54.6. The summed E-state index contributed by atoms with van der Waals surface area (Å²) >= 11 is -0.826. The van der Waals surface area contributed by atoms with Gasteiger partial charge in [-0.1, -0.05) is 362 Å². The first kappa shape index (κ1) is 93.0. The van der Waals surface area contributed by atoms with Crippen molar-refractivity contribution in [3.8, 4) is 22.3 Å². The number of benzene rings is 6. The summed E-state index contributed by atoms with van der Waals surface area (Å²) in [5, 5.41) is 0. The van der Waals surface area contributed by atoms with Gasteiger partial charge in [-0.25, -0.2) is 0 Å². The third kappa shape index (κ3) is 18.5. The van der Waals surface area contributed by atoms with Crippen molar-refractivity contribution in [2.24, 2.45) is 40.9 Å². The topological polar surface area (TPSA) is 9.23 Å². The molecule has 10 unspecified atom stereocenters. The average Bonchev–Trinajstić information content (AvgIpc) is 1.54. The fraction of sp³-hybridized carbons (Fsp3) is 0.528. The van der Waals surface area contributed by atoms with Crippen LogP contribution in [0.15, 0.2) is 149 Å². The second-order valence-corrected chi connectivity index (χ2v) is 58.2. The molecule has 0 radical (unpaired) electrons. The zero-order chi connectivity index (χ0) is 82.2. The number of aryl methyl sites for hydroxylation is 1. The summed E-state index contributed by atoms with van der Waals surface area (Å²) in [7, 11) is 7.83. The van der Waals surface area contributed by atoms with Gasteiger partial charge in [0.25, 0.3) is 0 Å². The molecule has 0 spiro atoms. The molecule has 6 aromatic carbocycles. The van der Waals surface area contributed by atoms with Crippen LogP contribution >= 0.6 is 17.0 Å². The fourth-order valence-corrected chi connectivity index (χ4v) is 33.1. The van der Waals surface area contributed by atoms with E-state index in [9.17, 15) is 0 Å². The molecule has 0 aromatic heterocycles. The van der Waals surface area contributed by atoms with E-state index in [-0.39, 0.29) is 58.2 Å². The summed E-state index contributed by atoms with van der Waals surface area (Å²) in [5.74, 6) is 4.74. The predicted octanol–water partition coefficient (Wildman–Crippen LogP) is 32.6. The van der Waals surface area contributed by atoms with Crippen molar-refractivity contribution in [1.29, 1.82) is 0 Å². The van der Waals surface area contributed by atoms with Gasteiger partial charge in [-0.3, -0.25) is 0 Å². The van der Waals surface area contributed by atoms with E-state index >= 15 is 0 Å². The third-order valence-electron chi connectivity index (χ3n) is 27.1. The molecule has 0 aliphatic heterocycles. The van der Waals surface area contributed by atoms with Gasteiger partial charge >= 0.3 is 37.9 Å². The third-order valence-corrected chi connectivity index (χ3v) is 36.9. The number of allylic oxidation sites excluding steroid dienone is 9. The van der Waals surface area contributed by atoms with Crippen LogP contribution < -0.4 is 0 Å². The fourth-order valence-electron chi connectivity index (χ4n) is 21.9. The van der Waals surface area contributed by atoms with Gasteiger partial charge in [0.2, 0.25) is 0 Å². The first-order valence-electron chi connectivity index (χ1n) is 42.0. The van der Waals surface area contributed by atoms with E-state index in [0.717, 1.165) is 11.3 Å². The maximum absolute atomic E-state index is 6.60. The van der Waals surface area contributed by atoms with E-state index in [0.29, 0.717) is 52.1 Å². The van der Waals surface area contributed by atoms with Crippen molar-refractivity contribution < 1.29 is 25.6 Å².